The van der Waals surface area contributed by atoms with E-state index >= 15 is 0 Å². The predicted octanol–water partition coefficient (Wildman–Crippen LogP) is 5.01. The number of carbonyl (C=O) groups excluding carboxylic acids is 1. The second-order valence-electron chi connectivity index (χ2n) is 10.6. The number of ether oxygens (including phenoxy) is 1. The van der Waals surface area contributed by atoms with E-state index in [1.54, 1.807) is 17.8 Å². The van der Waals surface area contributed by atoms with E-state index in [0.29, 0.717) is 34.5 Å². The van der Waals surface area contributed by atoms with Crippen LogP contribution >= 0.6 is 0 Å². The summed E-state index contributed by atoms with van der Waals surface area (Å²) < 4.78 is 23.6. The van der Waals surface area contributed by atoms with Gasteiger partial charge in [0.2, 0.25) is 0 Å². The Labute approximate surface area is 231 Å². The van der Waals surface area contributed by atoms with Gasteiger partial charge in [-0.05, 0) is 38.3 Å². The maximum absolute atomic E-state index is 14.4. The molecule has 0 aliphatic heterocycles. The first-order valence-corrected chi connectivity index (χ1v) is 13.5. The minimum absolute atomic E-state index is 0.00596. The van der Waals surface area contributed by atoms with Gasteiger partial charge in [-0.15, -0.1) is 0 Å². The minimum Gasteiger partial charge on any atom is -0.379 e. The average Bonchev–Trinajstić information content (AvgIpc) is 3.53. The van der Waals surface area contributed by atoms with Crippen molar-refractivity contribution in [2.75, 3.05) is 19.1 Å². The highest BCUT2D eigenvalue weighted by molar-refractivity contribution is 6.01. The molecule has 1 fully saturated rings. The Kier molecular flexibility index (Phi) is 6.71. The molecule has 1 saturated carbocycles. The molecule has 1 amide bonds. The lowest BCUT2D eigenvalue weighted by Gasteiger charge is -2.35. The summed E-state index contributed by atoms with van der Waals surface area (Å²) in [5.41, 5.74) is 3.93. The van der Waals surface area contributed by atoms with Crippen molar-refractivity contribution in [3.63, 3.8) is 0 Å². The average molecular weight is 542 g/mol. The van der Waals surface area contributed by atoms with Crippen LogP contribution in [0.5, 0.6) is 0 Å². The number of nitrogens with one attached hydrogen (secondary N) is 1. The first-order chi connectivity index (χ1) is 19.3. The number of benzene rings is 1. The van der Waals surface area contributed by atoms with Gasteiger partial charge < -0.3 is 19.5 Å². The van der Waals surface area contributed by atoms with Gasteiger partial charge >= 0.3 is 0 Å². The van der Waals surface area contributed by atoms with Crippen LogP contribution in [-0.4, -0.2) is 56.4 Å². The molecular weight excluding hydrogens is 509 g/mol. The van der Waals surface area contributed by atoms with Gasteiger partial charge in [0.05, 0.1) is 30.2 Å². The van der Waals surface area contributed by atoms with Crippen molar-refractivity contribution < 1.29 is 13.9 Å². The molecule has 6 rings (SSSR count). The molecule has 0 bridgehead atoms. The van der Waals surface area contributed by atoms with Crippen LogP contribution in [0.4, 0.5) is 10.2 Å². The van der Waals surface area contributed by atoms with Gasteiger partial charge in [-0.1, -0.05) is 30.3 Å². The number of nitrogens with zero attached hydrogens (tertiary/aromatic N) is 6. The molecule has 4 heterocycles. The maximum atomic E-state index is 14.4. The molecule has 4 aromatic heterocycles. The molecule has 0 spiro atoms. The fraction of sp³-hybridized carbons (Fsp3) is 0.333. The standard InChI is InChI=1S/C30H32FN7O2/c1-18(2)37-17-23(21-12-20(31)14-32-28(21)37)25-13-27(36(3)16-19-8-6-5-7-9-19)38-29(34-25)22(15-33-38)30(39)35-24-10-11-26(24)40-4/h5-9,12-15,17-18,24,26H,10-11,16H2,1-4H3,(H,35,39)/t24-,26-/m0/s1. The third-order valence-corrected chi connectivity index (χ3v) is 7.65. The molecular formula is C30H32FN7O2. The van der Waals surface area contributed by atoms with Gasteiger partial charge in [-0.2, -0.15) is 9.61 Å². The monoisotopic (exact) mass is 541 g/mol. The summed E-state index contributed by atoms with van der Waals surface area (Å²) in [5, 5.41) is 8.32. The summed E-state index contributed by atoms with van der Waals surface area (Å²) >= 11 is 0. The summed E-state index contributed by atoms with van der Waals surface area (Å²) in [6.45, 7) is 4.72. The van der Waals surface area contributed by atoms with Crippen LogP contribution in [0, 0.1) is 5.82 Å². The largest absolute Gasteiger partial charge is 0.379 e. The van der Waals surface area contributed by atoms with Gasteiger partial charge in [-0.25, -0.2) is 14.4 Å². The Morgan fingerprint density at radius 3 is 2.67 bits per heavy atom. The lowest BCUT2D eigenvalue weighted by molar-refractivity contribution is 0.00732. The number of carbonyl (C=O) groups is 1. The van der Waals surface area contributed by atoms with E-state index in [-0.39, 0.29) is 24.1 Å². The van der Waals surface area contributed by atoms with Crippen LogP contribution in [-0.2, 0) is 11.3 Å². The Balaban J connectivity index is 1.50. The number of pyridine rings is 1. The summed E-state index contributed by atoms with van der Waals surface area (Å²) in [6, 6.07) is 13.6. The molecule has 10 heteroatoms. The van der Waals surface area contributed by atoms with Gasteiger partial charge in [0.1, 0.15) is 22.8 Å². The molecule has 0 unspecified atom stereocenters. The quantitative estimate of drug-likeness (QED) is 0.297. The topological polar surface area (TPSA) is 89.6 Å². The first-order valence-electron chi connectivity index (χ1n) is 13.5. The van der Waals surface area contributed by atoms with Gasteiger partial charge in [0.25, 0.3) is 5.91 Å². The summed E-state index contributed by atoms with van der Waals surface area (Å²) in [6.07, 6.45) is 6.52. The zero-order chi connectivity index (χ0) is 28.0. The van der Waals surface area contributed by atoms with Crippen LogP contribution in [0.3, 0.4) is 0 Å². The third kappa shape index (κ3) is 4.58. The van der Waals surface area contributed by atoms with Crippen LogP contribution in [0.2, 0.25) is 0 Å². The zero-order valence-electron chi connectivity index (χ0n) is 23.0. The molecule has 206 valence electrons. The van der Waals surface area contributed by atoms with Crippen molar-refractivity contribution in [3.8, 4) is 11.3 Å². The fourth-order valence-corrected chi connectivity index (χ4v) is 5.32. The van der Waals surface area contributed by atoms with E-state index in [4.69, 9.17) is 9.72 Å². The highest BCUT2D eigenvalue weighted by Gasteiger charge is 2.33. The van der Waals surface area contributed by atoms with E-state index in [0.717, 1.165) is 29.8 Å². The highest BCUT2D eigenvalue weighted by atomic mass is 19.1. The SMILES string of the molecule is CO[C@H]1CC[C@@H]1NC(=O)c1cnn2c(N(C)Cc3ccccc3)cc(-c3cn(C(C)C)c4ncc(F)cc34)nc12. The zero-order valence-corrected chi connectivity index (χ0v) is 23.0. The van der Waals surface area contributed by atoms with E-state index in [9.17, 15) is 9.18 Å². The summed E-state index contributed by atoms with van der Waals surface area (Å²) in [7, 11) is 3.63. The van der Waals surface area contributed by atoms with E-state index in [2.05, 4.69) is 46.3 Å². The molecule has 0 radical (unpaired) electrons. The van der Waals surface area contributed by atoms with Crippen LogP contribution < -0.4 is 10.2 Å². The smallest absolute Gasteiger partial charge is 0.257 e. The van der Waals surface area contributed by atoms with Crippen molar-refractivity contribution in [1.29, 1.82) is 0 Å². The second kappa shape index (κ2) is 10.3. The van der Waals surface area contributed by atoms with Gasteiger partial charge in [0, 0.05) is 50.0 Å². The molecule has 1 N–H and O–H groups in total. The number of fused-ring (bicyclic) bond motifs is 2. The summed E-state index contributed by atoms with van der Waals surface area (Å²) in [4.78, 5) is 24.8. The van der Waals surface area contributed by atoms with Crippen LogP contribution in [0.1, 0.15) is 48.7 Å². The van der Waals surface area contributed by atoms with Crippen molar-refractivity contribution >= 4 is 28.4 Å². The normalized spacial score (nSPS) is 16.9. The van der Waals surface area contributed by atoms with Crippen LogP contribution in [0.25, 0.3) is 27.9 Å². The summed E-state index contributed by atoms with van der Waals surface area (Å²) in [5.74, 6) is 0.0758. The van der Waals surface area contributed by atoms with Crippen LogP contribution in [0.15, 0.2) is 61.1 Å². The van der Waals surface area contributed by atoms with E-state index < -0.39 is 5.82 Å². The molecule has 1 aliphatic rings. The third-order valence-electron chi connectivity index (χ3n) is 7.65. The number of rotatable bonds is 8. The Bertz CT molecular complexity index is 1690. The Morgan fingerprint density at radius 2 is 1.98 bits per heavy atom. The lowest BCUT2D eigenvalue weighted by atomic mass is 9.89. The lowest BCUT2D eigenvalue weighted by Crippen LogP contribution is -2.51. The number of methoxy groups -OCH3 is 1. The predicted molar refractivity (Wildman–Crippen MR) is 152 cm³/mol. The van der Waals surface area contributed by atoms with Crippen molar-refractivity contribution in [1.82, 2.24) is 29.5 Å². The number of halogens is 1. The molecule has 2 atom stereocenters. The van der Waals surface area contributed by atoms with Gasteiger partial charge in [-0.3, -0.25) is 4.79 Å². The number of hydrogen-bond donors (Lipinski definition) is 1. The van der Waals surface area contributed by atoms with Crippen molar-refractivity contribution in [2.45, 2.75) is 51.4 Å². The number of hydrogen-bond acceptors (Lipinski definition) is 6. The highest BCUT2D eigenvalue weighted by Crippen LogP contribution is 2.34. The van der Waals surface area contributed by atoms with Crippen molar-refractivity contribution in [2.24, 2.45) is 0 Å². The number of aromatic nitrogens is 5. The molecule has 0 saturated heterocycles. The molecule has 1 aliphatic carbocycles. The first kappa shape index (κ1) is 25.9. The Hall–Kier alpha value is -4.31. The van der Waals surface area contributed by atoms with Gasteiger partial charge in [0.15, 0.2) is 5.65 Å². The fourth-order valence-electron chi connectivity index (χ4n) is 5.32. The van der Waals surface area contributed by atoms with E-state index in [1.807, 2.05) is 42.1 Å². The van der Waals surface area contributed by atoms with Crippen molar-refractivity contribution in [3.05, 3.63) is 78.0 Å². The molecule has 9 nitrogen and oxygen atoms in total. The second-order valence-corrected chi connectivity index (χ2v) is 10.6. The number of amides is 1. The molecule has 5 aromatic rings. The molecule has 1 aromatic carbocycles. The minimum atomic E-state index is -0.421. The van der Waals surface area contributed by atoms with E-state index in [1.165, 1.54) is 12.3 Å². The number of anilines is 1. The molecule has 40 heavy (non-hydrogen) atoms. The maximum Gasteiger partial charge on any atom is 0.257 e. The Morgan fingerprint density at radius 1 is 1.18 bits per heavy atom.